The molecule has 0 unspecified atom stereocenters. The number of anilines is 1. The third-order valence-electron chi connectivity index (χ3n) is 4.06. The summed E-state index contributed by atoms with van der Waals surface area (Å²) in [6, 6.07) is 17.7. The molecule has 104 valence electrons. The van der Waals surface area contributed by atoms with Gasteiger partial charge >= 0.3 is 0 Å². The van der Waals surface area contributed by atoms with Gasteiger partial charge in [-0.2, -0.15) is 0 Å². The van der Waals surface area contributed by atoms with Crippen LogP contribution in [0.2, 0.25) is 0 Å². The fraction of sp³-hybridized carbons (Fsp3) is 0.333. The minimum atomic E-state index is 0.757. The van der Waals surface area contributed by atoms with E-state index in [0.717, 1.165) is 24.8 Å². The highest BCUT2D eigenvalue weighted by Crippen LogP contribution is 2.30. The van der Waals surface area contributed by atoms with E-state index in [-0.39, 0.29) is 0 Å². The van der Waals surface area contributed by atoms with E-state index in [9.17, 15) is 0 Å². The highest BCUT2D eigenvalue weighted by Gasteiger charge is 2.29. The monoisotopic (exact) mass is 266 g/mol. The highest BCUT2D eigenvalue weighted by molar-refractivity contribution is 5.39. The standard InChI is InChI=1S/C18H22N2/c1-14-4-2-3-5-16(14)13-20(18-10-11-18)12-15-6-8-17(19)9-7-15/h2-9,18H,10-13,19H2,1H3. The zero-order valence-corrected chi connectivity index (χ0v) is 12.0. The van der Waals surface area contributed by atoms with Crippen molar-refractivity contribution in [2.45, 2.75) is 38.9 Å². The van der Waals surface area contributed by atoms with Gasteiger partial charge in [0.2, 0.25) is 0 Å². The molecule has 2 nitrogen and oxygen atoms in total. The first-order valence-corrected chi connectivity index (χ1v) is 7.35. The molecule has 0 radical (unpaired) electrons. The zero-order valence-electron chi connectivity index (χ0n) is 12.0. The average Bonchev–Trinajstić information content (AvgIpc) is 3.27. The molecular formula is C18H22N2. The second-order valence-electron chi connectivity index (χ2n) is 5.80. The third-order valence-corrected chi connectivity index (χ3v) is 4.06. The van der Waals surface area contributed by atoms with Crippen LogP contribution < -0.4 is 5.73 Å². The van der Waals surface area contributed by atoms with Crippen LogP contribution in [0, 0.1) is 6.92 Å². The Hall–Kier alpha value is -1.80. The van der Waals surface area contributed by atoms with Gasteiger partial charge in [-0.25, -0.2) is 0 Å². The van der Waals surface area contributed by atoms with Crippen molar-refractivity contribution in [1.82, 2.24) is 4.90 Å². The lowest BCUT2D eigenvalue weighted by molar-refractivity contribution is 0.245. The molecule has 2 aromatic carbocycles. The molecule has 1 fully saturated rings. The topological polar surface area (TPSA) is 29.3 Å². The third kappa shape index (κ3) is 3.20. The van der Waals surface area contributed by atoms with E-state index in [4.69, 9.17) is 5.73 Å². The van der Waals surface area contributed by atoms with E-state index in [2.05, 4.69) is 48.2 Å². The van der Waals surface area contributed by atoms with Crippen LogP contribution >= 0.6 is 0 Å². The van der Waals surface area contributed by atoms with Crippen LogP contribution in [0.4, 0.5) is 5.69 Å². The Labute approximate surface area is 121 Å². The van der Waals surface area contributed by atoms with Crippen LogP contribution in [0.3, 0.4) is 0 Å². The van der Waals surface area contributed by atoms with Crippen LogP contribution in [0.5, 0.6) is 0 Å². The first-order chi connectivity index (χ1) is 9.72. The Morgan fingerprint density at radius 2 is 1.70 bits per heavy atom. The van der Waals surface area contributed by atoms with Gasteiger partial charge in [0.05, 0.1) is 0 Å². The second kappa shape index (κ2) is 5.68. The number of benzene rings is 2. The molecule has 0 spiro atoms. The first kappa shape index (κ1) is 13.2. The molecule has 0 atom stereocenters. The first-order valence-electron chi connectivity index (χ1n) is 7.35. The molecule has 1 aliphatic rings. The Kier molecular flexibility index (Phi) is 3.75. The van der Waals surface area contributed by atoms with Gasteiger partial charge in [0.1, 0.15) is 0 Å². The fourth-order valence-electron chi connectivity index (χ4n) is 2.62. The van der Waals surface area contributed by atoms with Gasteiger partial charge in [-0.3, -0.25) is 4.90 Å². The second-order valence-corrected chi connectivity index (χ2v) is 5.80. The van der Waals surface area contributed by atoms with Crippen LogP contribution in [0.1, 0.15) is 29.5 Å². The molecule has 1 aliphatic carbocycles. The van der Waals surface area contributed by atoms with Crippen molar-refractivity contribution in [2.24, 2.45) is 0 Å². The summed E-state index contributed by atoms with van der Waals surface area (Å²) in [6.45, 7) is 4.25. The lowest BCUT2D eigenvalue weighted by atomic mass is 10.1. The molecule has 2 heteroatoms. The summed E-state index contributed by atoms with van der Waals surface area (Å²) in [4.78, 5) is 2.59. The van der Waals surface area contributed by atoms with Crippen molar-refractivity contribution in [3.8, 4) is 0 Å². The smallest absolute Gasteiger partial charge is 0.0314 e. The van der Waals surface area contributed by atoms with Gasteiger partial charge in [0.25, 0.3) is 0 Å². The van der Waals surface area contributed by atoms with Gasteiger partial charge in [0, 0.05) is 24.8 Å². The van der Waals surface area contributed by atoms with E-state index >= 15 is 0 Å². The summed E-state index contributed by atoms with van der Waals surface area (Å²) in [6.07, 6.45) is 2.67. The zero-order chi connectivity index (χ0) is 13.9. The van der Waals surface area contributed by atoms with Crippen molar-refractivity contribution < 1.29 is 0 Å². The van der Waals surface area contributed by atoms with Crippen molar-refractivity contribution in [2.75, 3.05) is 5.73 Å². The van der Waals surface area contributed by atoms with Crippen molar-refractivity contribution in [3.63, 3.8) is 0 Å². The minimum Gasteiger partial charge on any atom is -0.399 e. The summed E-state index contributed by atoms with van der Waals surface area (Å²) in [7, 11) is 0. The summed E-state index contributed by atoms with van der Waals surface area (Å²) in [5.41, 5.74) is 10.8. The minimum absolute atomic E-state index is 0.757. The maximum Gasteiger partial charge on any atom is 0.0314 e. The average molecular weight is 266 g/mol. The Bertz CT molecular complexity index is 570. The number of rotatable bonds is 5. The van der Waals surface area contributed by atoms with E-state index in [1.807, 2.05) is 12.1 Å². The Balaban J connectivity index is 1.73. The molecule has 0 aliphatic heterocycles. The van der Waals surface area contributed by atoms with Crippen molar-refractivity contribution in [3.05, 3.63) is 65.2 Å². The van der Waals surface area contributed by atoms with Crippen LogP contribution in [0.25, 0.3) is 0 Å². The number of hydrogen-bond acceptors (Lipinski definition) is 2. The number of hydrogen-bond donors (Lipinski definition) is 1. The number of nitrogen functional groups attached to an aromatic ring is 1. The maximum atomic E-state index is 5.76. The van der Waals surface area contributed by atoms with E-state index in [1.54, 1.807) is 0 Å². The van der Waals surface area contributed by atoms with E-state index < -0.39 is 0 Å². The number of nitrogens with zero attached hydrogens (tertiary/aromatic N) is 1. The molecule has 1 saturated carbocycles. The molecule has 0 aromatic heterocycles. The van der Waals surface area contributed by atoms with Crippen LogP contribution in [-0.2, 0) is 13.1 Å². The van der Waals surface area contributed by atoms with Gasteiger partial charge in [-0.05, 0) is 48.6 Å². The van der Waals surface area contributed by atoms with E-state index in [1.165, 1.54) is 29.5 Å². The molecule has 2 aromatic rings. The van der Waals surface area contributed by atoms with Crippen molar-refractivity contribution in [1.29, 1.82) is 0 Å². The van der Waals surface area contributed by atoms with Gasteiger partial charge < -0.3 is 5.73 Å². The molecule has 3 rings (SSSR count). The fourth-order valence-corrected chi connectivity index (χ4v) is 2.62. The lowest BCUT2D eigenvalue weighted by Crippen LogP contribution is -2.25. The van der Waals surface area contributed by atoms with Gasteiger partial charge in [-0.1, -0.05) is 36.4 Å². The van der Waals surface area contributed by atoms with Crippen LogP contribution in [0.15, 0.2) is 48.5 Å². The molecule has 0 saturated heterocycles. The SMILES string of the molecule is Cc1ccccc1CN(Cc1ccc(N)cc1)C1CC1. The molecule has 20 heavy (non-hydrogen) atoms. The summed E-state index contributed by atoms with van der Waals surface area (Å²) in [5, 5.41) is 0. The molecule has 0 heterocycles. The maximum absolute atomic E-state index is 5.76. The summed E-state index contributed by atoms with van der Waals surface area (Å²) in [5.74, 6) is 0. The number of nitrogens with two attached hydrogens (primary N) is 1. The summed E-state index contributed by atoms with van der Waals surface area (Å²) >= 11 is 0. The summed E-state index contributed by atoms with van der Waals surface area (Å²) < 4.78 is 0. The lowest BCUT2D eigenvalue weighted by Gasteiger charge is -2.23. The molecule has 2 N–H and O–H groups in total. The van der Waals surface area contributed by atoms with Gasteiger partial charge in [-0.15, -0.1) is 0 Å². The quantitative estimate of drug-likeness (QED) is 0.835. The molecule has 0 amide bonds. The largest absolute Gasteiger partial charge is 0.399 e. The predicted octanol–water partition coefficient (Wildman–Crippen LogP) is 3.74. The number of aryl methyl sites for hydroxylation is 1. The van der Waals surface area contributed by atoms with Crippen molar-refractivity contribution >= 4 is 5.69 Å². The predicted molar refractivity (Wildman–Crippen MR) is 84.3 cm³/mol. The molecule has 0 bridgehead atoms. The van der Waals surface area contributed by atoms with Gasteiger partial charge in [0.15, 0.2) is 0 Å². The Morgan fingerprint density at radius 1 is 1.00 bits per heavy atom. The molecular weight excluding hydrogens is 244 g/mol. The van der Waals surface area contributed by atoms with E-state index in [0.29, 0.717) is 0 Å². The Morgan fingerprint density at radius 3 is 2.35 bits per heavy atom. The van der Waals surface area contributed by atoms with Crippen LogP contribution in [-0.4, -0.2) is 10.9 Å². The highest BCUT2D eigenvalue weighted by atomic mass is 15.2. The normalized spacial score (nSPS) is 14.7.